The first kappa shape index (κ1) is 12.7. The number of primary amides is 1. The van der Waals surface area contributed by atoms with E-state index < -0.39 is 11.9 Å². The molecule has 2 rings (SSSR count). The third-order valence-corrected chi connectivity index (χ3v) is 3.13. The van der Waals surface area contributed by atoms with Crippen LogP contribution in [-0.4, -0.2) is 26.2 Å². The zero-order chi connectivity index (χ0) is 13.3. The fraction of sp³-hybridized carbons (Fsp3) is 0.462. The van der Waals surface area contributed by atoms with E-state index >= 15 is 0 Å². The van der Waals surface area contributed by atoms with E-state index in [4.69, 9.17) is 15.2 Å². The highest BCUT2D eigenvalue weighted by Gasteiger charge is 2.26. The molecule has 1 heterocycles. The van der Waals surface area contributed by atoms with Crippen molar-refractivity contribution in [2.75, 3.05) is 14.2 Å². The second kappa shape index (κ2) is 4.86. The minimum atomic E-state index is -0.579. The van der Waals surface area contributed by atoms with Crippen LogP contribution in [0.25, 0.3) is 0 Å². The fourth-order valence-electron chi connectivity index (χ4n) is 2.31. The molecule has 5 heteroatoms. The highest BCUT2D eigenvalue weighted by Crippen LogP contribution is 2.37. The number of fused-ring (bicyclic) bond motifs is 1. The van der Waals surface area contributed by atoms with E-state index in [1.165, 1.54) is 0 Å². The molecular formula is C13H18N2O3. The Balaban J connectivity index is 2.47. The topological polar surface area (TPSA) is 73.6 Å². The van der Waals surface area contributed by atoms with Crippen LogP contribution in [0.3, 0.4) is 0 Å². The van der Waals surface area contributed by atoms with Crippen LogP contribution in [-0.2, 0) is 11.2 Å². The second-order valence-electron chi connectivity index (χ2n) is 4.46. The maximum absolute atomic E-state index is 11.4. The van der Waals surface area contributed by atoms with Gasteiger partial charge in [0.1, 0.15) is 23.6 Å². The van der Waals surface area contributed by atoms with Gasteiger partial charge in [-0.05, 0) is 26.1 Å². The van der Waals surface area contributed by atoms with E-state index in [1.54, 1.807) is 14.2 Å². The van der Waals surface area contributed by atoms with Gasteiger partial charge in [0.05, 0.1) is 7.11 Å². The van der Waals surface area contributed by atoms with Crippen molar-refractivity contribution < 1.29 is 14.3 Å². The van der Waals surface area contributed by atoms with Crippen LogP contribution < -0.4 is 20.5 Å². The van der Waals surface area contributed by atoms with Crippen molar-refractivity contribution in [1.29, 1.82) is 0 Å². The standard InChI is InChI=1S/C13H18N2O3/c1-7-4-8-5-11(17-3)9(6-10(8)18-7)12(15-2)13(14)16/h5-7,12,15H,4H2,1-3H3,(H2,14,16). The summed E-state index contributed by atoms with van der Waals surface area (Å²) in [6.45, 7) is 2.01. The predicted molar refractivity (Wildman–Crippen MR) is 67.8 cm³/mol. The molecule has 1 aromatic carbocycles. The van der Waals surface area contributed by atoms with Gasteiger partial charge in [0.25, 0.3) is 0 Å². The molecule has 1 amide bonds. The Hall–Kier alpha value is -1.75. The molecule has 5 nitrogen and oxygen atoms in total. The minimum Gasteiger partial charge on any atom is -0.496 e. The summed E-state index contributed by atoms with van der Waals surface area (Å²) < 4.78 is 11.0. The number of methoxy groups -OCH3 is 1. The Morgan fingerprint density at radius 2 is 2.33 bits per heavy atom. The summed E-state index contributed by atoms with van der Waals surface area (Å²) in [6, 6.07) is 3.18. The van der Waals surface area contributed by atoms with Crippen LogP contribution in [0.2, 0.25) is 0 Å². The number of benzene rings is 1. The fourth-order valence-corrected chi connectivity index (χ4v) is 2.31. The van der Waals surface area contributed by atoms with Crippen LogP contribution in [0.1, 0.15) is 24.1 Å². The Kier molecular flexibility index (Phi) is 3.43. The summed E-state index contributed by atoms with van der Waals surface area (Å²) in [5.41, 5.74) is 7.19. The maximum Gasteiger partial charge on any atom is 0.239 e. The summed E-state index contributed by atoms with van der Waals surface area (Å²) >= 11 is 0. The van der Waals surface area contributed by atoms with Gasteiger partial charge in [-0.3, -0.25) is 4.79 Å². The molecule has 18 heavy (non-hydrogen) atoms. The first-order valence-corrected chi connectivity index (χ1v) is 5.90. The molecule has 0 aromatic heterocycles. The molecule has 0 bridgehead atoms. The SMILES string of the molecule is CNC(C(N)=O)c1cc2c(cc1OC)CC(C)O2. The largest absolute Gasteiger partial charge is 0.496 e. The van der Waals surface area contributed by atoms with E-state index in [2.05, 4.69) is 5.32 Å². The number of nitrogens with two attached hydrogens (primary N) is 1. The average molecular weight is 250 g/mol. The maximum atomic E-state index is 11.4. The Morgan fingerprint density at radius 3 is 2.89 bits per heavy atom. The molecule has 1 aliphatic rings. The van der Waals surface area contributed by atoms with Gasteiger partial charge in [0, 0.05) is 17.5 Å². The van der Waals surface area contributed by atoms with Crippen LogP contribution >= 0.6 is 0 Å². The van der Waals surface area contributed by atoms with Crippen molar-refractivity contribution in [2.24, 2.45) is 5.73 Å². The number of carbonyl (C=O) groups is 1. The molecule has 0 saturated carbocycles. The van der Waals surface area contributed by atoms with Crippen LogP contribution in [0.4, 0.5) is 0 Å². The summed E-state index contributed by atoms with van der Waals surface area (Å²) in [6.07, 6.45) is 1.01. The molecule has 98 valence electrons. The average Bonchev–Trinajstić information content (AvgIpc) is 2.67. The van der Waals surface area contributed by atoms with Crippen molar-refractivity contribution in [3.8, 4) is 11.5 Å². The highest BCUT2D eigenvalue weighted by molar-refractivity contribution is 5.82. The molecule has 1 aliphatic heterocycles. The monoisotopic (exact) mass is 250 g/mol. The van der Waals surface area contributed by atoms with Gasteiger partial charge >= 0.3 is 0 Å². The molecule has 0 aliphatic carbocycles. The molecule has 0 spiro atoms. The van der Waals surface area contributed by atoms with E-state index in [0.29, 0.717) is 11.3 Å². The van der Waals surface area contributed by atoms with Gasteiger partial charge in [0.15, 0.2) is 0 Å². The summed E-state index contributed by atoms with van der Waals surface area (Å²) in [5.74, 6) is 1.02. The molecular weight excluding hydrogens is 232 g/mol. The number of likely N-dealkylation sites (N-methyl/N-ethyl adjacent to an activating group) is 1. The molecule has 0 fully saturated rings. The number of hydrogen-bond donors (Lipinski definition) is 2. The molecule has 0 radical (unpaired) electrons. The summed E-state index contributed by atoms with van der Waals surface area (Å²) in [7, 11) is 3.27. The highest BCUT2D eigenvalue weighted by atomic mass is 16.5. The van der Waals surface area contributed by atoms with E-state index in [1.807, 2.05) is 19.1 Å². The number of hydrogen-bond acceptors (Lipinski definition) is 4. The quantitative estimate of drug-likeness (QED) is 0.827. The van der Waals surface area contributed by atoms with Crippen molar-refractivity contribution in [3.05, 3.63) is 23.3 Å². The van der Waals surface area contributed by atoms with Gasteiger partial charge in [-0.15, -0.1) is 0 Å². The van der Waals surface area contributed by atoms with Gasteiger partial charge in [-0.1, -0.05) is 0 Å². The van der Waals surface area contributed by atoms with Crippen molar-refractivity contribution in [3.63, 3.8) is 0 Å². The summed E-state index contributed by atoms with van der Waals surface area (Å²) in [4.78, 5) is 11.4. The Morgan fingerprint density at radius 1 is 1.61 bits per heavy atom. The number of carbonyl (C=O) groups excluding carboxylic acids is 1. The second-order valence-corrected chi connectivity index (χ2v) is 4.46. The Bertz CT molecular complexity index is 474. The predicted octanol–water partition coefficient (Wildman–Crippen LogP) is 0.764. The lowest BCUT2D eigenvalue weighted by Gasteiger charge is -2.17. The lowest BCUT2D eigenvalue weighted by atomic mass is 10.0. The van der Waals surface area contributed by atoms with Crippen LogP contribution in [0.15, 0.2) is 12.1 Å². The van der Waals surface area contributed by atoms with Crippen LogP contribution in [0, 0.1) is 0 Å². The van der Waals surface area contributed by atoms with E-state index in [9.17, 15) is 4.79 Å². The van der Waals surface area contributed by atoms with Gasteiger partial charge < -0.3 is 20.5 Å². The molecule has 0 saturated heterocycles. The Labute approximate surface area is 106 Å². The number of nitrogens with one attached hydrogen (secondary N) is 1. The number of rotatable bonds is 4. The van der Waals surface area contributed by atoms with Crippen molar-refractivity contribution >= 4 is 5.91 Å². The normalized spacial score (nSPS) is 18.9. The smallest absolute Gasteiger partial charge is 0.239 e. The molecule has 2 atom stereocenters. The van der Waals surface area contributed by atoms with Gasteiger partial charge in [-0.25, -0.2) is 0 Å². The third-order valence-electron chi connectivity index (χ3n) is 3.13. The van der Waals surface area contributed by atoms with E-state index in [0.717, 1.165) is 17.7 Å². The summed E-state index contributed by atoms with van der Waals surface area (Å²) in [5, 5.41) is 2.88. The molecule has 3 N–H and O–H groups in total. The molecule has 1 aromatic rings. The first-order valence-electron chi connectivity index (χ1n) is 5.90. The lowest BCUT2D eigenvalue weighted by Crippen LogP contribution is -2.31. The minimum absolute atomic E-state index is 0.154. The first-order chi connectivity index (χ1) is 8.56. The lowest BCUT2D eigenvalue weighted by molar-refractivity contribution is -0.120. The third kappa shape index (κ3) is 2.13. The van der Waals surface area contributed by atoms with Gasteiger partial charge in [-0.2, -0.15) is 0 Å². The zero-order valence-electron chi connectivity index (χ0n) is 10.8. The number of ether oxygens (including phenoxy) is 2. The van der Waals surface area contributed by atoms with Crippen LogP contribution in [0.5, 0.6) is 11.5 Å². The zero-order valence-corrected chi connectivity index (χ0v) is 10.8. The number of amides is 1. The van der Waals surface area contributed by atoms with E-state index in [-0.39, 0.29) is 6.10 Å². The molecule has 2 unspecified atom stereocenters. The van der Waals surface area contributed by atoms with Crippen molar-refractivity contribution in [2.45, 2.75) is 25.5 Å². The van der Waals surface area contributed by atoms with Crippen molar-refractivity contribution in [1.82, 2.24) is 5.32 Å². The van der Waals surface area contributed by atoms with Gasteiger partial charge in [0.2, 0.25) is 5.91 Å².